The fourth-order valence-electron chi connectivity index (χ4n) is 2.70. The molecule has 0 radical (unpaired) electrons. The molecule has 0 atom stereocenters. The minimum absolute atomic E-state index is 0.0838. The summed E-state index contributed by atoms with van der Waals surface area (Å²) in [4.78, 5) is 17.1. The third-order valence-electron chi connectivity index (χ3n) is 4.00. The lowest BCUT2D eigenvalue weighted by molar-refractivity contribution is 0.102. The molecule has 1 amide bonds. The van der Waals surface area contributed by atoms with Crippen LogP contribution < -0.4 is 10.1 Å². The molecule has 0 aliphatic heterocycles. The van der Waals surface area contributed by atoms with Crippen LogP contribution >= 0.6 is 11.3 Å². The fourth-order valence-corrected chi connectivity index (χ4v) is 3.51. The SMILES string of the molecule is C=CCCc1cc(OC)ccc1C(=O)Nc1ccc2sc(CO)nc2c1. The topological polar surface area (TPSA) is 71.5 Å². The first-order valence-corrected chi connectivity index (χ1v) is 9.05. The molecule has 2 aromatic carbocycles. The van der Waals surface area contributed by atoms with E-state index in [9.17, 15) is 9.90 Å². The molecule has 0 unspecified atom stereocenters. The van der Waals surface area contributed by atoms with Crippen LogP contribution in [0.4, 0.5) is 5.69 Å². The summed E-state index contributed by atoms with van der Waals surface area (Å²) in [6.07, 6.45) is 3.33. The summed E-state index contributed by atoms with van der Waals surface area (Å²) in [5.41, 5.74) is 2.96. The van der Waals surface area contributed by atoms with Gasteiger partial charge >= 0.3 is 0 Å². The van der Waals surface area contributed by atoms with E-state index in [1.807, 2.05) is 30.3 Å². The molecular formula is C20H20N2O3S. The summed E-state index contributed by atoms with van der Waals surface area (Å²) in [6, 6.07) is 11.0. The van der Waals surface area contributed by atoms with Crippen LogP contribution in [0.2, 0.25) is 0 Å². The van der Waals surface area contributed by atoms with Crippen LogP contribution in [-0.2, 0) is 13.0 Å². The molecule has 3 rings (SSSR count). The lowest BCUT2D eigenvalue weighted by atomic mass is 10.0. The number of nitrogens with zero attached hydrogens (tertiary/aromatic N) is 1. The molecule has 134 valence electrons. The number of amides is 1. The number of aryl methyl sites for hydroxylation is 1. The van der Waals surface area contributed by atoms with Crippen molar-refractivity contribution in [1.29, 1.82) is 0 Å². The molecule has 0 spiro atoms. The number of carbonyl (C=O) groups excluding carboxylic acids is 1. The van der Waals surface area contributed by atoms with E-state index in [2.05, 4.69) is 16.9 Å². The Bertz CT molecular complexity index is 949. The van der Waals surface area contributed by atoms with Crippen LogP contribution in [0.25, 0.3) is 10.2 Å². The van der Waals surface area contributed by atoms with Crippen LogP contribution in [0, 0.1) is 0 Å². The molecule has 3 aromatic rings. The van der Waals surface area contributed by atoms with Crippen molar-refractivity contribution in [2.75, 3.05) is 12.4 Å². The number of carbonyl (C=O) groups is 1. The van der Waals surface area contributed by atoms with E-state index in [-0.39, 0.29) is 12.5 Å². The summed E-state index contributed by atoms with van der Waals surface area (Å²) in [7, 11) is 1.61. The second-order valence-electron chi connectivity index (χ2n) is 5.75. The van der Waals surface area contributed by atoms with E-state index in [0.717, 1.165) is 28.0 Å². The molecule has 26 heavy (non-hydrogen) atoms. The molecule has 1 heterocycles. The molecule has 5 nitrogen and oxygen atoms in total. The number of anilines is 1. The molecule has 0 saturated heterocycles. The number of fused-ring (bicyclic) bond motifs is 1. The highest BCUT2D eigenvalue weighted by Gasteiger charge is 2.13. The third kappa shape index (κ3) is 3.92. The quantitative estimate of drug-likeness (QED) is 0.614. The van der Waals surface area contributed by atoms with Gasteiger partial charge in [0.15, 0.2) is 0 Å². The molecule has 0 aliphatic carbocycles. The first-order valence-electron chi connectivity index (χ1n) is 8.24. The third-order valence-corrected chi connectivity index (χ3v) is 5.02. The molecule has 0 aliphatic rings. The predicted molar refractivity (Wildman–Crippen MR) is 105 cm³/mol. The summed E-state index contributed by atoms with van der Waals surface area (Å²) in [5.74, 6) is 0.546. The number of hydrogen-bond donors (Lipinski definition) is 2. The van der Waals surface area contributed by atoms with Crippen molar-refractivity contribution >= 4 is 33.1 Å². The average Bonchev–Trinajstić information content (AvgIpc) is 3.08. The van der Waals surface area contributed by atoms with Gasteiger partial charge in [0, 0.05) is 11.3 Å². The lowest BCUT2D eigenvalue weighted by Crippen LogP contribution is -2.14. The fraction of sp³-hybridized carbons (Fsp3) is 0.200. The lowest BCUT2D eigenvalue weighted by Gasteiger charge is -2.11. The van der Waals surface area contributed by atoms with Gasteiger partial charge in [0.1, 0.15) is 10.8 Å². The van der Waals surface area contributed by atoms with Crippen LogP contribution in [0.3, 0.4) is 0 Å². The highest BCUT2D eigenvalue weighted by Crippen LogP contribution is 2.26. The number of hydrogen-bond acceptors (Lipinski definition) is 5. The minimum atomic E-state index is -0.177. The highest BCUT2D eigenvalue weighted by molar-refractivity contribution is 7.18. The Morgan fingerprint density at radius 3 is 2.92 bits per heavy atom. The van der Waals surface area contributed by atoms with E-state index in [1.165, 1.54) is 11.3 Å². The van der Waals surface area contributed by atoms with Crippen molar-refractivity contribution in [1.82, 2.24) is 4.98 Å². The van der Waals surface area contributed by atoms with Crippen molar-refractivity contribution in [3.8, 4) is 5.75 Å². The van der Waals surface area contributed by atoms with E-state index >= 15 is 0 Å². The van der Waals surface area contributed by atoms with Gasteiger partial charge in [-0.1, -0.05) is 6.08 Å². The van der Waals surface area contributed by atoms with Crippen LogP contribution in [0.15, 0.2) is 49.1 Å². The van der Waals surface area contributed by atoms with E-state index in [1.54, 1.807) is 19.2 Å². The Hall–Kier alpha value is -2.70. The van der Waals surface area contributed by atoms with Gasteiger partial charge < -0.3 is 15.2 Å². The number of aliphatic hydroxyl groups excluding tert-OH is 1. The number of aromatic nitrogens is 1. The van der Waals surface area contributed by atoms with Gasteiger partial charge in [0.2, 0.25) is 0 Å². The van der Waals surface area contributed by atoms with Gasteiger partial charge in [-0.25, -0.2) is 4.98 Å². The largest absolute Gasteiger partial charge is 0.497 e. The Kier molecular flexibility index (Phi) is 5.65. The van der Waals surface area contributed by atoms with Crippen molar-refractivity contribution in [2.24, 2.45) is 0 Å². The number of thiazole rings is 1. The zero-order valence-corrected chi connectivity index (χ0v) is 15.3. The molecule has 1 aromatic heterocycles. The van der Waals surface area contributed by atoms with E-state index < -0.39 is 0 Å². The number of nitrogens with one attached hydrogen (secondary N) is 1. The Morgan fingerprint density at radius 1 is 1.35 bits per heavy atom. The zero-order chi connectivity index (χ0) is 18.5. The Balaban J connectivity index is 1.85. The number of rotatable bonds is 7. The van der Waals surface area contributed by atoms with Crippen LogP contribution in [0.1, 0.15) is 27.3 Å². The van der Waals surface area contributed by atoms with E-state index in [0.29, 0.717) is 22.7 Å². The molecule has 0 saturated carbocycles. The first-order chi connectivity index (χ1) is 12.6. The van der Waals surface area contributed by atoms with Gasteiger partial charge in [-0.2, -0.15) is 0 Å². The predicted octanol–water partition coefficient (Wildman–Crippen LogP) is 4.17. The van der Waals surface area contributed by atoms with Crippen molar-refractivity contribution in [3.05, 3.63) is 65.2 Å². The summed E-state index contributed by atoms with van der Waals surface area (Å²) >= 11 is 1.44. The molecular weight excluding hydrogens is 348 g/mol. The van der Waals surface area contributed by atoms with Crippen molar-refractivity contribution in [3.63, 3.8) is 0 Å². The van der Waals surface area contributed by atoms with Gasteiger partial charge in [-0.15, -0.1) is 17.9 Å². The van der Waals surface area contributed by atoms with E-state index in [4.69, 9.17) is 4.74 Å². The van der Waals surface area contributed by atoms with Gasteiger partial charge in [0.05, 0.1) is 23.9 Å². The van der Waals surface area contributed by atoms with Crippen LogP contribution in [-0.4, -0.2) is 23.1 Å². The second-order valence-corrected chi connectivity index (χ2v) is 6.87. The number of allylic oxidation sites excluding steroid dienone is 1. The number of ether oxygens (including phenoxy) is 1. The number of aliphatic hydroxyl groups is 1. The van der Waals surface area contributed by atoms with Crippen LogP contribution in [0.5, 0.6) is 5.75 Å². The molecule has 0 fully saturated rings. The second kappa shape index (κ2) is 8.12. The molecule has 2 N–H and O–H groups in total. The first kappa shape index (κ1) is 18.1. The van der Waals surface area contributed by atoms with Crippen molar-refractivity contribution < 1.29 is 14.6 Å². The number of methoxy groups -OCH3 is 1. The standard InChI is InChI=1S/C20H20N2O3S/c1-3-4-5-13-10-15(25-2)7-8-16(13)20(24)21-14-6-9-18-17(11-14)22-19(12-23)26-18/h3,6-11,23H,1,4-5,12H2,2H3,(H,21,24). The van der Waals surface area contributed by atoms with Gasteiger partial charge in [-0.3, -0.25) is 4.79 Å². The van der Waals surface area contributed by atoms with Gasteiger partial charge in [-0.05, 0) is 54.8 Å². The summed E-state index contributed by atoms with van der Waals surface area (Å²) in [5, 5.41) is 12.8. The van der Waals surface area contributed by atoms with Crippen molar-refractivity contribution in [2.45, 2.75) is 19.4 Å². The Morgan fingerprint density at radius 2 is 2.19 bits per heavy atom. The Labute approximate surface area is 156 Å². The normalized spacial score (nSPS) is 10.7. The maximum atomic E-state index is 12.8. The zero-order valence-electron chi connectivity index (χ0n) is 14.5. The average molecular weight is 368 g/mol. The molecule has 6 heteroatoms. The van der Waals surface area contributed by atoms with Gasteiger partial charge in [0.25, 0.3) is 5.91 Å². The summed E-state index contributed by atoms with van der Waals surface area (Å²) < 4.78 is 6.24. The molecule has 0 bridgehead atoms. The summed E-state index contributed by atoms with van der Waals surface area (Å²) in [6.45, 7) is 3.66. The maximum Gasteiger partial charge on any atom is 0.255 e. The smallest absolute Gasteiger partial charge is 0.255 e. The monoisotopic (exact) mass is 368 g/mol. The minimum Gasteiger partial charge on any atom is -0.497 e. The maximum absolute atomic E-state index is 12.8. The highest BCUT2D eigenvalue weighted by atomic mass is 32.1. The number of benzene rings is 2.